The predicted molar refractivity (Wildman–Crippen MR) is 48.8 cm³/mol. The Kier molecular flexibility index (Phi) is 7.59. The second-order valence-electron chi connectivity index (χ2n) is 3.47. The minimum Gasteiger partial charge on any atom is -0.530 e. The van der Waals surface area contributed by atoms with Crippen molar-refractivity contribution in [2.75, 3.05) is 6.54 Å². The fourth-order valence-corrected chi connectivity index (χ4v) is 0.595. The first-order chi connectivity index (χ1) is 5.90. The van der Waals surface area contributed by atoms with Gasteiger partial charge < -0.3 is 19.2 Å². The molecule has 0 saturated heterocycles. The van der Waals surface area contributed by atoms with Crippen molar-refractivity contribution in [2.24, 2.45) is 0 Å². The van der Waals surface area contributed by atoms with E-state index in [1.807, 2.05) is 0 Å². The molecule has 0 rings (SSSR count). The third-order valence-electron chi connectivity index (χ3n) is 1.04. The number of carbonyl (C=O) groups is 1. The summed E-state index contributed by atoms with van der Waals surface area (Å²) in [4.78, 5) is 22.2. The zero-order valence-electron chi connectivity index (χ0n) is 8.50. The minimum atomic E-state index is -0.706. The van der Waals surface area contributed by atoms with Gasteiger partial charge >= 0.3 is 0 Å². The van der Waals surface area contributed by atoms with Gasteiger partial charge in [-0.1, -0.05) is 6.08 Å². The van der Waals surface area contributed by atoms with Crippen LogP contribution in [0, 0.1) is 0 Å². The van der Waals surface area contributed by atoms with E-state index in [9.17, 15) is 9.59 Å². The number of imide groups is 1. The van der Waals surface area contributed by atoms with Crippen molar-refractivity contribution in [3.05, 3.63) is 12.7 Å². The minimum absolute atomic E-state index is 0. The van der Waals surface area contributed by atoms with Gasteiger partial charge in [-0.05, 0) is 20.8 Å². The molecule has 0 spiro atoms. The molecule has 0 aliphatic carbocycles. The third kappa shape index (κ3) is 6.80. The van der Waals surface area contributed by atoms with Crippen LogP contribution in [-0.4, -0.2) is 29.5 Å². The van der Waals surface area contributed by atoms with Gasteiger partial charge in [-0.25, -0.2) is 0 Å². The van der Waals surface area contributed by atoms with Crippen LogP contribution in [0.4, 0.5) is 4.79 Å². The molecule has 0 saturated carbocycles. The number of ether oxygens (including phenoxy) is 1. The van der Waals surface area contributed by atoms with Crippen molar-refractivity contribution in [1.82, 2.24) is 4.90 Å². The normalized spacial score (nSPS) is 9.64. The molecule has 1 radical (unpaired) electrons. The summed E-state index contributed by atoms with van der Waals surface area (Å²) in [7, 11) is 0. The molecule has 0 bridgehead atoms. The summed E-state index contributed by atoms with van der Waals surface area (Å²) in [6, 6.07) is 0. The van der Waals surface area contributed by atoms with E-state index in [0.29, 0.717) is 0 Å². The van der Waals surface area contributed by atoms with Crippen molar-refractivity contribution >= 4 is 12.5 Å². The summed E-state index contributed by atoms with van der Waals surface area (Å²) < 4.78 is 4.92. The first kappa shape index (κ1) is 15.8. The summed E-state index contributed by atoms with van der Waals surface area (Å²) in [6.45, 7) is 8.68. The van der Waals surface area contributed by atoms with Crippen LogP contribution in [0.1, 0.15) is 20.8 Å². The molecular formula is C9H14IrNO3-. The second kappa shape index (κ2) is 6.73. The molecule has 2 amide bonds. The molecule has 0 unspecified atom stereocenters. The average molecular weight is 376 g/mol. The van der Waals surface area contributed by atoms with Gasteiger partial charge in [0, 0.05) is 26.7 Å². The Bertz CT molecular complexity index is 211. The topological polar surface area (TPSA) is 46.6 Å². The summed E-state index contributed by atoms with van der Waals surface area (Å²) in [6.07, 6.45) is 2.18. The first-order valence-corrected chi connectivity index (χ1v) is 3.90. The van der Waals surface area contributed by atoms with E-state index in [4.69, 9.17) is 4.74 Å². The summed E-state index contributed by atoms with van der Waals surface area (Å²) in [5.74, 6) is 0. The second-order valence-corrected chi connectivity index (χ2v) is 3.47. The predicted octanol–water partition coefficient (Wildman–Crippen LogP) is 1.47. The third-order valence-corrected chi connectivity index (χ3v) is 1.04. The molecule has 0 aromatic carbocycles. The van der Waals surface area contributed by atoms with Crippen LogP contribution in [-0.2, 0) is 29.6 Å². The maximum atomic E-state index is 11.2. The maximum Gasteiger partial charge on any atom is 0.252 e. The van der Waals surface area contributed by atoms with Crippen molar-refractivity contribution in [3.8, 4) is 0 Å². The van der Waals surface area contributed by atoms with Gasteiger partial charge in [0.25, 0.3) is 6.09 Å². The summed E-state index contributed by atoms with van der Waals surface area (Å²) in [5.41, 5.74) is -0.604. The Morgan fingerprint density at radius 2 is 2.07 bits per heavy atom. The number of nitrogens with zero attached hydrogens (tertiary/aromatic N) is 1. The van der Waals surface area contributed by atoms with Crippen molar-refractivity contribution in [2.45, 2.75) is 26.4 Å². The average Bonchev–Trinajstić information content (AvgIpc) is 1.96. The van der Waals surface area contributed by atoms with E-state index in [1.54, 1.807) is 20.8 Å². The van der Waals surface area contributed by atoms with Crippen LogP contribution in [0.15, 0.2) is 12.7 Å². The van der Waals surface area contributed by atoms with Gasteiger partial charge in [-0.15, -0.1) is 6.58 Å². The molecule has 83 valence electrons. The molecule has 0 N–H and O–H groups in total. The molecule has 0 atom stereocenters. The summed E-state index contributed by atoms with van der Waals surface area (Å²) >= 11 is 0. The molecule has 0 aliphatic rings. The molecule has 4 nitrogen and oxygen atoms in total. The molecule has 0 aromatic rings. The number of hydrogen-bond acceptors (Lipinski definition) is 3. The zero-order chi connectivity index (χ0) is 10.5. The van der Waals surface area contributed by atoms with Crippen LogP contribution >= 0.6 is 0 Å². The van der Waals surface area contributed by atoms with E-state index >= 15 is 0 Å². The van der Waals surface area contributed by atoms with E-state index < -0.39 is 11.7 Å². The SMILES string of the molecule is C=CCN([C-]=O)C(=O)OC(C)(C)C.[Ir]. The van der Waals surface area contributed by atoms with E-state index in [-0.39, 0.29) is 26.7 Å². The van der Waals surface area contributed by atoms with Gasteiger partial charge in [0.2, 0.25) is 0 Å². The Hall–Kier alpha value is -0.671. The summed E-state index contributed by atoms with van der Waals surface area (Å²) in [5, 5.41) is 0. The standard InChI is InChI=1S/C9H14NO3.Ir/c1-5-6-10(7-11)8(12)13-9(2,3)4;/h5H,1,6H2,2-4H3;/q-1;. The Morgan fingerprint density at radius 3 is 2.36 bits per heavy atom. The Balaban J connectivity index is 0. The molecule has 14 heavy (non-hydrogen) atoms. The number of carbonyl (C=O) groups excluding carboxylic acids is 2. The number of rotatable bonds is 3. The largest absolute Gasteiger partial charge is 0.530 e. The molecule has 0 heterocycles. The van der Waals surface area contributed by atoms with Crippen LogP contribution < -0.4 is 0 Å². The van der Waals surface area contributed by atoms with Crippen LogP contribution in [0.2, 0.25) is 0 Å². The first-order valence-electron chi connectivity index (χ1n) is 3.90. The van der Waals surface area contributed by atoms with Crippen LogP contribution in [0.25, 0.3) is 0 Å². The monoisotopic (exact) mass is 377 g/mol. The van der Waals surface area contributed by atoms with Gasteiger partial charge in [-0.2, -0.15) is 0 Å². The fourth-order valence-electron chi connectivity index (χ4n) is 0.595. The Morgan fingerprint density at radius 1 is 1.57 bits per heavy atom. The number of hydrogen-bond donors (Lipinski definition) is 0. The molecule has 0 aromatic heterocycles. The van der Waals surface area contributed by atoms with E-state index in [1.165, 1.54) is 12.5 Å². The van der Waals surface area contributed by atoms with E-state index in [2.05, 4.69) is 6.58 Å². The van der Waals surface area contributed by atoms with Crippen LogP contribution in [0.5, 0.6) is 0 Å². The van der Waals surface area contributed by atoms with Crippen LogP contribution in [0.3, 0.4) is 0 Å². The van der Waals surface area contributed by atoms with Crippen molar-refractivity contribution in [1.29, 1.82) is 0 Å². The zero-order valence-corrected chi connectivity index (χ0v) is 10.9. The van der Waals surface area contributed by atoms with Gasteiger partial charge in [0.1, 0.15) is 0 Å². The van der Waals surface area contributed by atoms with E-state index in [0.717, 1.165) is 4.90 Å². The molecular weight excluding hydrogens is 362 g/mol. The van der Waals surface area contributed by atoms with Crippen molar-refractivity contribution in [3.63, 3.8) is 0 Å². The quantitative estimate of drug-likeness (QED) is 0.426. The smallest absolute Gasteiger partial charge is 0.252 e. The maximum absolute atomic E-state index is 11.2. The van der Waals surface area contributed by atoms with Gasteiger partial charge in [0.15, 0.2) is 0 Å². The fraction of sp³-hybridized carbons (Fsp3) is 0.556. The van der Waals surface area contributed by atoms with Crippen molar-refractivity contribution < 1.29 is 34.4 Å². The molecule has 5 heteroatoms. The molecule has 0 aliphatic heterocycles. The number of amides is 2. The van der Waals surface area contributed by atoms with Gasteiger partial charge in [-0.3, -0.25) is 0 Å². The molecule has 0 fully saturated rings. The Labute approximate surface area is 97.6 Å². The van der Waals surface area contributed by atoms with Gasteiger partial charge in [0.05, 0.1) is 12.0 Å².